The molecular weight excluding hydrogens is 170 g/mol. The van der Waals surface area contributed by atoms with E-state index in [1.807, 2.05) is 51.9 Å². The summed E-state index contributed by atoms with van der Waals surface area (Å²) in [7, 11) is 4.00. The molecule has 2 rings (SSSR count). The molecule has 0 N–H and O–H groups in total. The fourth-order valence-electron chi connectivity index (χ4n) is 1.03. The van der Waals surface area contributed by atoms with Gasteiger partial charge in [-0.2, -0.15) is 0 Å². The zero-order valence-corrected chi connectivity index (χ0v) is 8.51. The van der Waals surface area contributed by atoms with E-state index in [1.165, 1.54) is 0 Å². The Labute approximate surface area is 86.2 Å². The molecule has 0 amide bonds. The SMILES string of the molecule is BB.c1ccc(-c2ccccn2)nc1. The van der Waals surface area contributed by atoms with Crippen molar-refractivity contribution in [2.45, 2.75) is 0 Å². The third kappa shape index (κ3) is 2.73. The topological polar surface area (TPSA) is 25.8 Å². The highest BCUT2D eigenvalue weighted by atomic mass is 14.7. The predicted molar refractivity (Wildman–Crippen MR) is 64.6 cm³/mol. The van der Waals surface area contributed by atoms with Crippen LogP contribution < -0.4 is 0 Å². The van der Waals surface area contributed by atoms with E-state index in [4.69, 9.17) is 0 Å². The minimum atomic E-state index is 0.915. The summed E-state index contributed by atoms with van der Waals surface area (Å²) in [4.78, 5) is 8.37. The highest BCUT2D eigenvalue weighted by Gasteiger charge is 1.95. The van der Waals surface area contributed by atoms with E-state index >= 15 is 0 Å². The highest BCUT2D eigenvalue weighted by Crippen LogP contribution is 2.10. The van der Waals surface area contributed by atoms with Gasteiger partial charge in [0, 0.05) is 12.4 Å². The van der Waals surface area contributed by atoms with Crippen LogP contribution in [0.3, 0.4) is 0 Å². The molecule has 0 aliphatic rings. The lowest BCUT2D eigenvalue weighted by Crippen LogP contribution is -1.83. The zero-order valence-electron chi connectivity index (χ0n) is 8.51. The lowest BCUT2D eigenvalue weighted by Gasteiger charge is -1.96. The van der Waals surface area contributed by atoms with Crippen molar-refractivity contribution in [3.8, 4) is 11.4 Å². The van der Waals surface area contributed by atoms with Gasteiger partial charge in [0.2, 0.25) is 0 Å². The van der Waals surface area contributed by atoms with Crippen LogP contribution in [0.1, 0.15) is 0 Å². The summed E-state index contributed by atoms with van der Waals surface area (Å²) in [5.41, 5.74) is 1.83. The van der Waals surface area contributed by atoms with Crippen LogP contribution in [-0.2, 0) is 0 Å². The highest BCUT2D eigenvalue weighted by molar-refractivity contribution is 6.75. The Kier molecular flexibility index (Phi) is 4.48. The smallest absolute Gasteiger partial charge is 0.0886 e. The molecule has 0 saturated heterocycles. The first-order valence-electron chi connectivity index (χ1n) is 4.79. The first-order valence-corrected chi connectivity index (χ1v) is 4.79. The number of rotatable bonds is 1. The minimum Gasteiger partial charge on any atom is -0.255 e. The van der Waals surface area contributed by atoms with E-state index in [0.29, 0.717) is 0 Å². The molecule has 0 aliphatic heterocycles. The second kappa shape index (κ2) is 5.97. The summed E-state index contributed by atoms with van der Waals surface area (Å²) in [6, 6.07) is 11.6. The average Bonchev–Trinajstić information content (AvgIpc) is 2.34. The maximum atomic E-state index is 4.19. The lowest BCUT2D eigenvalue weighted by molar-refractivity contribution is 1.25. The van der Waals surface area contributed by atoms with E-state index in [-0.39, 0.29) is 0 Å². The first kappa shape index (κ1) is 10.5. The Morgan fingerprint density at radius 1 is 0.714 bits per heavy atom. The number of hydrogen-bond acceptors (Lipinski definition) is 2. The van der Waals surface area contributed by atoms with Crippen molar-refractivity contribution in [1.82, 2.24) is 9.97 Å². The second-order valence-corrected chi connectivity index (χ2v) is 2.43. The lowest BCUT2D eigenvalue weighted by atomic mass is 9.81. The molecule has 0 saturated carbocycles. The Morgan fingerprint density at radius 2 is 1.14 bits per heavy atom. The van der Waals surface area contributed by atoms with Gasteiger partial charge in [0.05, 0.1) is 26.9 Å². The Hall–Kier alpha value is -1.57. The standard InChI is InChI=1S/C10H8N2.B2H4/c1-3-7-11-9(5-1)10-6-2-4-8-12-10;1-2/h1-8H;1-2H2. The number of aromatic nitrogens is 2. The van der Waals surface area contributed by atoms with Crippen LogP contribution >= 0.6 is 0 Å². The first-order chi connectivity index (χ1) is 6.97. The predicted octanol–water partition coefficient (Wildman–Crippen LogP) is 0.311. The molecule has 0 aromatic carbocycles. The quantitative estimate of drug-likeness (QED) is 0.593. The molecular formula is C10H12B2N2. The summed E-state index contributed by atoms with van der Waals surface area (Å²) in [5.74, 6) is 0. The number of pyridine rings is 2. The van der Waals surface area contributed by atoms with Gasteiger partial charge in [0.25, 0.3) is 0 Å². The molecule has 14 heavy (non-hydrogen) atoms. The van der Waals surface area contributed by atoms with Crippen molar-refractivity contribution in [2.75, 3.05) is 0 Å². The van der Waals surface area contributed by atoms with Crippen molar-refractivity contribution in [3.05, 3.63) is 48.8 Å². The molecule has 0 fully saturated rings. The van der Waals surface area contributed by atoms with Crippen molar-refractivity contribution >= 4 is 15.5 Å². The van der Waals surface area contributed by atoms with Crippen LogP contribution in [0, 0.1) is 0 Å². The van der Waals surface area contributed by atoms with Gasteiger partial charge in [-0.1, -0.05) is 12.1 Å². The molecule has 0 aliphatic carbocycles. The number of nitrogens with zero attached hydrogens (tertiary/aromatic N) is 2. The third-order valence-electron chi connectivity index (χ3n) is 1.59. The normalized spacial score (nSPS) is 8.57. The fraction of sp³-hybridized carbons (Fsp3) is 0. The Balaban J connectivity index is 0.000000461. The third-order valence-corrected chi connectivity index (χ3v) is 1.59. The van der Waals surface area contributed by atoms with Crippen LogP contribution in [-0.4, -0.2) is 25.4 Å². The average molecular weight is 182 g/mol. The molecule has 2 heterocycles. The molecule has 0 spiro atoms. The summed E-state index contributed by atoms with van der Waals surface area (Å²) in [6.07, 6.45) is 3.54. The van der Waals surface area contributed by atoms with Crippen LogP contribution in [0.2, 0.25) is 0 Å². The van der Waals surface area contributed by atoms with Gasteiger partial charge in [-0.15, -0.1) is 0 Å². The molecule has 2 aromatic rings. The molecule has 0 radical (unpaired) electrons. The summed E-state index contributed by atoms with van der Waals surface area (Å²) < 4.78 is 0. The Morgan fingerprint density at radius 3 is 1.43 bits per heavy atom. The van der Waals surface area contributed by atoms with E-state index in [1.54, 1.807) is 12.4 Å². The molecule has 4 heteroatoms. The second-order valence-electron chi connectivity index (χ2n) is 2.43. The zero-order chi connectivity index (χ0) is 10.2. The molecule has 0 bridgehead atoms. The van der Waals surface area contributed by atoms with Crippen LogP contribution in [0.5, 0.6) is 0 Å². The monoisotopic (exact) mass is 182 g/mol. The minimum absolute atomic E-state index is 0.915. The molecule has 2 aromatic heterocycles. The van der Waals surface area contributed by atoms with Crippen molar-refractivity contribution in [3.63, 3.8) is 0 Å². The summed E-state index contributed by atoms with van der Waals surface area (Å²) in [5, 5.41) is 0. The van der Waals surface area contributed by atoms with Gasteiger partial charge in [-0.3, -0.25) is 9.97 Å². The van der Waals surface area contributed by atoms with E-state index in [2.05, 4.69) is 9.97 Å². The van der Waals surface area contributed by atoms with Crippen molar-refractivity contribution in [1.29, 1.82) is 0 Å². The summed E-state index contributed by atoms with van der Waals surface area (Å²) in [6.45, 7) is 0. The van der Waals surface area contributed by atoms with Crippen LogP contribution in [0.25, 0.3) is 11.4 Å². The van der Waals surface area contributed by atoms with Gasteiger partial charge in [0.1, 0.15) is 0 Å². The molecule has 68 valence electrons. The van der Waals surface area contributed by atoms with E-state index in [0.717, 1.165) is 11.4 Å². The van der Waals surface area contributed by atoms with Gasteiger partial charge in [-0.25, -0.2) is 0 Å². The van der Waals surface area contributed by atoms with Gasteiger partial charge >= 0.3 is 0 Å². The Bertz CT molecular complexity index is 314. The van der Waals surface area contributed by atoms with Gasteiger partial charge < -0.3 is 0 Å². The molecule has 0 atom stereocenters. The van der Waals surface area contributed by atoms with E-state index in [9.17, 15) is 0 Å². The maximum absolute atomic E-state index is 4.19. The molecule has 2 nitrogen and oxygen atoms in total. The van der Waals surface area contributed by atoms with Crippen molar-refractivity contribution in [2.24, 2.45) is 0 Å². The van der Waals surface area contributed by atoms with Crippen LogP contribution in [0.4, 0.5) is 0 Å². The maximum Gasteiger partial charge on any atom is 0.0886 e. The van der Waals surface area contributed by atoms with Crippen molar-refractivity contribution < 1.29 is 0 Å². The fourth-order valence-corrected chi connectivity index (χ4v) is 1.03. The number of hydrogen-bond donors (Lipinski definition) is 0. The van der Waals surface area contributed by atoms with Crippen LogP contribution in [0.15, 0.2) is 48.8 Å². The largest absolute Gasteiger partial charge is 0.255 e. The van der Waals surface area contributed by atoms with Gasteiger partial charge in [0.15, 0.2) is 0 Å². The van der Waals surface area contributed by atoms with E-state index < -0.39 is 0 Å². The summed E-state index contributed by atoms with van der Waals surface area (Å²) >= 11 is 0. The van der Waals surface area contributed by atoms with Gasteiger partial charge in [-0.05, 0) is 24.3 Å². The molecule has 0 unspecified atom stereocenters.